The van der Waals surface area contributed by atoms with Gasteiger partial charge in [-0.25, -0.2) is 4.79 Å². The van der Waals surface area contributed by atoms with Gasteiger partial charge in [-0.3, -0.25) is 19.1 Å². The molecule has 1 fully saturated rings. The van der Waals surface area contributed by atoms with Crippen LogP contribution in [-0.2, 0) is 11.3 Å². The van der Waals surface area contributed by atoms with E-state index in [2.05, 4.69) is 10.3 Å². The molecule has 1 saturated heterocycles. The van der Waals surface area contributed by atoms with Crippen LogP contribution < -0.4 is 26.0 Å². The molecule has 1 aromatic heterocycles. The van der Waals surface area contributed by atoms with Gasteiger partial charge in [-0.05, 0) is 31.9 Å². The van der Waals surface area contributed by atoms with Crippen LogP contribution >= 0.6 is 0 Å². The van der Waals surface area contributed by atoms with Crippen molar-refractivity contribution in [1.82, 2.24) is 14.5 Å². The summed E-state index contributed by atoms with van der Waals surface area (Å²) in [6.07, 6.45) is 3.23. The number of carbonyl (C=O) groups is 1. The molecule has 2 N–H and O–H groups in total. The first-order chi connectivity index (χ1) is 13.5. The van der Waals surface area contributed by atoms with Gasteiger partial charge < -0.3 is 19.7 Å². The molecule has 1 amide bonds. The highest BCUT2D eigenvalue weighted by molar-refractivity contribution is 5.76. The molecule has 148 valence electrons. The number of ether oxygens (including phenoxy) is 2. The van der Waals surface area contributed by atoms with Crippen LogP contribution in [0, 0.1) is 6.92 Å². The molecule has 0 spiro atoms. The average Bonchev–Trinajstić information content (AvgIpc) is 3.14. The number of likely N-dealkylation sites (tertiary alicyclic amines) is 1. The number of aromatic amines is 1. The van der Waals surface area contributed by atoms with Crippen LogP contribution in [0.25, 0.3) is 0 Å². The van der Waals surface area contributed by atoms with E-state index in [0.29, 0.717) is 24.4 Å². The van der Waals surface area contributed by atoms with Gasteiger partial charge in [0.1, 0.15) is 6.54 Å². The predicted octanol–water partition coefficient (Wildman–Crippen LogP) is 0.677. The number of benzene rings is 1. The number of hydrogen-bond donors (Lipinski definition) is 2. The van der Waals surface area contributed by atoms with Crippen molar-refractivity contribution in [2.45, 2.75) is 32.4 Å². The number of rotatable bonds is 4. The normalized spacial score (nSPS) is 18.2. The van der Waals surface area contributed by atoms with E-state index in [1.165, 1.54) is 10.8 Å². The number of H-pyrrole nitrogens is 1. The number of hydrogen-bond acceptors (Lipinski definition) is 6. The molecule has 9 nitrogen and oxygen atoms in total. The molecule has 28 heavy (non-hydrogen) atoms. The second-order valence-corrected chi connectivity index (χ2v) is 7.09. The quantitative estimate of drug-likeness (QED) is 0.800. The summed E-state index contributed by atoms with van der Waals surface area (Å²) >= 11 is 0. The monoisotopic (exact) mass is 386 g/mol. The van der Waals surface area contributed by atoms with E-state index >= 15 is 0 Å². The molecule has 2 aromatic rings. The molecule has 2 aliphatic rings. The zero-order chi connectivity index (χ0) is 19.7. The maximum absolute atomic E-state index is 12.7. The van der Waals surface area contributed by atoms with Gasteiger partial charge in [-0.1, -0.05) is 0 Å². The van der Waals surface area contributed by atoms with Gasteiger partial charge in [0, 0.05) is 42.6 Å². The lowest BCUT2D eigenvalue weighted by atomic mass is 10.0. The number of nitrogens with one attached hydrogen (secondary N) is 2. The first-order valence-corrected chi connectivity index (χ1v) is 9.24. The molecular weight excluding hydrogens is 364 g/mol. The summed E-state index contributed by atoms with van der Waals surface area (Å²) in [5, 5.41) is 3.44. The van der Waals surface area contributed by atoms with Gasteiger partial charge >= 0.3 is 5.69 Å². The lowest BCUT2D eigenvalue weighted by Crippen LogP contribution is -2.47. The third-order valence-electron chi connectivity index (χ3n) is 5.01. The molecule has 0 unspecified atom stereocenters. The number of anilines is 1. The maximum atomic E-state index is 12.7. The Morgan fingerprint density at radius 1 is 1.29 bits per heavy atom. The van der Waals surface area contributed by atoms with Crippen LogP contribution in [0.15, 0.2) is 34.0 Å². The third kappa shape index (κ3) is 3.73. The Balaban J connectivity index is 1.40. The molecule has 4 rings (SSSR count). The van der Waals surface area contributed by atoms with Gasteiger partial charge in [-0.15, -0.1) is 0 Å². The smallest absolute Gasteiger partial charge is 0.328 e. The molecule has 0 aliphatic carbocycles. The Bertz CT molecular complexity index is 1010. The summed E-state index contributed by atoms with van der Waals surface area (Å²) in [4.78, 5) is 40.0. The van der Waals surface area contributed by atoms with E-state index in [1.807, 2.05) is 18.2 Å². The minimum atomic E-state index is -0.573. The Morgan fingerprint density at radius 2 is 2.11 bits per heavy atom. The van der Waals surface area contributed by atoms with Crippen molar-refractivity contribution in [3.05, 3.63) is 50.8 Å². The summed E-state index contributed by atoms with van der Waals surface area (Å²) < 4.78 is 12.0. The number of carbonyl (C=O) groups excluding carboxylic acids is 1. The van der Waals surface area contributed by atoms with E-state index in [-0.39, 0.29) is 25.3 Å². The van der Waals surface area contributed by atoms with Crippen molar-refractivity contribution < 1.29 is 14.3 Å². The van der Waals surface area contributed by atoms with Crippen molar-refractivity contribution >= 4 is 11.6 Å². The Morgan fingerprint density at radius 3 is 2.96 bits per heavy atom. The Labute approximate surface area is 160 Å². The van der Waals surface area contributed by atoms with Crippen molar-refractivity contribution in [2.75, 3.05) is 25.2 Å². The number of aryl methyl sites for hydroxylation is 1. The van der Waals surface area contributed by atoms with Crippen molar-refractivity contribution in [2.24, 2.45) is 0 Å². The summed E-state index contributed by atoms with van der Waals surface area (Å²) in [7, 11) is 0. The number of aromatic nitrogens is 2. The Kier molecular flexibility index (Phi) is 4.81. The summed E-state index contributed by atoms with van der Waals surface area (Å²) in [6.45, 7) is 2.94. The fourth-order valence-corrected chi connectivity index (χ4v) is 3.53. The first kappa shape index (κ1) is 18.1. The highest BCUT2D eigenvalue weighted by atomic mass is 16.7. The molecule has 0 bridgehead atoms. The topological polar surface area (TPSA) is 106 Å². The molecule has 1 atom stereocenters. The summed E-state index contributed by atoms with van der Waals surface area (Å²) in [6, 6.07) is 5.79. The van der Waals surface area contributed by atoms with Crippen LogP contribution in [0.1, 0.15) is 18.4 Å². The van der Waals surface area contributed by atoms with Gasteiger partial charge in [-0.2, -0.15) is 0 Å². The fraction of sp³-hybridized carbons (Fsp3) is 0.421. The van der Waals surface area contributed by atoms with Gasteiger partial charge in [0.15, 0.2) is 11.5 Å². The minimum Gasteiger partial charge on any atom is -0.454 e. The van der Waals surface area contributed by atoms with Crippen molar-refractivity contribution in [3.63, 3.8) is 0 Å². The van der Waals surface area contributed by atoms with Crippen LogP contribution in [-0.4, -0.2) is 46.3 Å². The Hall–Kier alpha value is -3.23. The van der Waals surface area contributed by atoms with E-state index < -0.39 is 11.2 Å². The highest BCUT2D eigenvalue weighted by Gasteiger charge is 2.24. The summed E-state index contributed by atoms with van der Waals surface area (Å²) in [5.74, 6) is 1.29. The van der Waals surface area contributed by atoms with Crippen molar-refractivity contribution in [1.29, 1.82) is 0 Å². The van der Waals surface area contributed by atoms with Gasteiger partial charge in [0.25, 0.3) is 5.56 Å². The van der Waals surface area contributed by atoms with E-state index in [4.69, 9.17) is 9.47 Å². The van der Waals surface area contributed by atoms with Crippen LogP contribution in [0.4, 0.5) is 5.69 Å². The zero-order valence-corrected chi connectivity index (χ0v) is 15.6. The first-order valence-electron chi connectivity index (χ1n) is 9.24. The minimum absolute atomic E-state index is 0.0901. The zero-order valence-electron chi connectivity index (χ0n) is 15.6. The number of amides is 1. The molecule has 9 heteroatoms. The predicted molar refractivity (Wildman–Crippen MR) is 102 cm³/mol. The fourth-order valence-electron chi connectivity index (χ4n) is 3.53. The second-order valence-electron chi connectivity index (χ2n) is 7.09. The third-order valence-corrected chi connectivity index (χ3v) is 5.01. The van der Waals surface area contributed by atoms with Gasteiger partial charge in [0.05, 0.1) is 0 Å². The molecule has 3 heterocycles. The molecule has 0 saturated carbocycles. The SMILES string of the molecule is Cc1cn(CC(=O)N2CCC[C@H](Nc3ccc4c(c3)OCO4)C2)c(=O)[nH]c1=O. The molecule has 0 radical (unpaired) electrons. The van der Waals surface area contributed by atoms with E-state index in [1.54, 1.807) is 11.8 Å². The number of piperidine rings is 1. The van der Waals surface area contributed by atoms with E-state index in [0.717, 1.165) is 24.3 Å². The van der Waals surface area contributed by atoms with Crippen LogP contribution in [0.2, 0.25) is 0 Å². The van der Waals surface area contributed by atoms with Gasteiger partial charge in [0.2, 0.25) is 12.7 Å². The van der Waals surface area contributed by atoms with E-state index in [9.17, 15) is 14.4 Å². The molecular formula is C19H22N4O5. The molecule has 2 aliphatic heterocycles. The standard InChI is InChI=1S/C19H22N4O5/c1-12-8-23(19(26)21-18(12)25)10-17(24)22-6-2-3-14(9-22)20-13-4-5-15-16(7-13)28-11-27-15/h4-5,7-8,14,20H,2-3,6,9-11H2,1H3,(H,21,25,26)/t14-/m0/s1. The highest BCUT2D eigenvalue weighted by Crippen LogP contribution is 2.34. The number of fused-ring (bicyclic) bond motifs is 1. The lowest BCUT2D eigenvalue weighted by Gasteiger charge is -2.34. The van der Waals surface area contributed by atoms with Crippen LogP contribution in [0.3, 0.4) is 0 Å². The largest absolute Gasteiger partial charge is 0.454 e. The second kappa shape index (κ2) is 7.41. The summed E-state index contributed by atoms with van der Waals surface area (Å²) in [5.41, 5.74) is 0.306. The average molecular weight is 386 g/mol. The lowest BCUT2D eigenvalue weighted by molar-refractivity contribution is -0.133. The molecule has 1 aromatic carbocycles. The van der Waals surface area contributed by atoms with Crippen molar-refractivity contribution in [3.8, 4) is 11.5 Å². The number of nitrogens with zero attached hydrogens (tertiary/aromatic N) is 2. The van der Waals surface area contributed by atoms with Crippen LogP contribution in [0.5, 0.6) is 11.5 Å². The maximum Gasteiger partial charge on any atom is 0.328 e.